The van der Waals surface area contributed by atoms with Crippen molar-refractivity contribution in [1.82, 2.24) is 0 Å². The van der Waals surface area contributed by atoms with Gasteiger partial charge < -0.3 is 0 Å². The van der Waals surface area contributed by atoms with Crippen LogP contribution in [0.2, 0.25) is 0 Å². The molecule has 0 spiro atoms. The summed E-state index contributed by atoms with van der Waals surface area (Å²) < 4.78 is 0. The highest BCUT2D eigenvalue weighted by atomic mass is 14.1. The first-order valence-corrected chi connectivity index (χ1v) is 9.89. The fourth-order valence-electron chi connectivity index (χ4n) is 4.10. The predicted molar refractivity (Wildman–Crippen MR) is 124 cm³/mol. The molecule has 0 heteroatoms. The number of benzene rings is 4. The van der Waals surface area contributed by atoms with Crippen molar-refractivity contribution in [2.24, 2.45) is 0 Å². The fourth-order valence-corrected chi connectivity index (χ4v) is 4.10. The molecule has 0 fully saturated rings. The Morgan fingerprint density at radius 2 is 1.71 bits per heavy atom. The average Bonchev–Trinajstić information content (AvgIpc) is 2.69. The van der Waals surface area contributed by atoms with Crippen molar-refractivity contribution < 1.29 is 0 Å². The molecular formula is C28H26. The zero-order valence-corrected chi connectivity index (χ0v) is 16.9. The van der Waals surface area contributed by atoms with Crippen LogP contribution in [0.1, 0.15) is 30.5 Å². The van der Waals surface area contributed by atoms with E-state index in [9.17, 15) is 0 Å². The minimum atomic E-state index is 0.917. The number of aryl methyl sites for hydroxylation is 1. The molecule has 4 rings (SSSR count). The molecule has 0 atom stereocenters. The molecule has 0 bridgehead atoms. The number of allylic oxidation sites excluding steroid dienone is 2. The second-order valence-electron chi connectivity index (χ2n) is 7.66. The van der Waals surface area contributed by atoms with E-state index in [1.807, 2.05) is 0 Å². The second-order valence-corrected chi connectivity index (χ2v) is 7.66. The van der Waals surface area contributed by atoms with Crippen LogP contribution in [0.3, 0.4) is 0 Å². The van der Waals surface area contributed by atoms with Crippen LogP contribution >= 0.6 is 0 Å². The van der Waals surface area contributed by atoms with E-state index in [-0.39, 0.29) is 0 Å². The van der Waals surface area contributed by atoms with Gasteiger partial charge in [-0.3, -0.25) is 0 Å². The van der Waals surface area contributed by atoms with Gasteiger partial charge in [-0.2, -0.15) is 0 Å². The molecule has 0 saturated carbocycles. The molecule has 0 heterocycles. The van der Waals surface area contributed by atoms with Gasteiger partial charge >= 0.3 is 0 Å². The predicted octanol–water partition coefficient (Wildman–Crippen LogP) is 6.05. The third-order valence-corrected chi connectivity index (χ3v) is 5.51. The highest BCUT2D eigenvalue weighted by molar-refractivity contribution is 6.09. The summed E-state index contributed by atoms with van der Waals surface area (Å²) in [5, 5.41) is 7.64. The monoisotopic (exact) mass is 362 g/mol. The van der Waals surface area contributed by atoms with Gasteiger partial charge in [0, 0.05) is 0 Å². The first kappa shape index (κ1) is 18.3. The van der Waals surface area contributed by atoms with Gasteiger partial charge in [-0.05, 0) is 75.9 Å². The van der Waals surface area contributed by atoms with Crippen LogP contribution < -0.4 is 10.4 Å². The number of hydrogen-bond donors (Lipinski definition) is 0. The van der Waals surface area contributed by atoms with E-state index in [1.54, 1.807) is 0 Å². The quantitative estimate of drug-likeness (QED) is 0.389. The molecule has 0 nitrogen and oxygen atoms in total. The van der Waals surface area contributed by atoms with Crippen LogP contribution in [0.5, 0.6) is 0 Å². The van der Waals surface area contributed by atoms with Crippen LogP contribution in [0.4, 0.5) is 0 Å². The van der Waals surface area contributed by atoms with Crippen molar-refractivity contribution in [3.63, 3.8) is 0 Å². The third kappa shape index (κ3) is 3.39. The number of hydrogen-bond acceptors (Lipinski definition) is 0. The van der Waals surface area contributed by atoms with Gasteiger partial charge in [0.15, 0.2) is 0 Å². The van der Waals surface area contributed by atoms with Crippen LogP contribution in [0.15, 0.2) is 78.9 Å². The van der Waals surface area contributed by atoms with E-state index in [2.05, 4.69) is 106 Å². The van der Waals surface area contributed by atoms with Crippen LogP contribution in [-0.4, -0.2) is 0 Å². The molecule has 0 saturated heterocycles. The first-order chi connectivity index (χ1) is 13.6. The molecule has 0 N–H and O–H groups in total. The Morgan fingerprint density at radius 1 is 0.893 bits per heavy atom. The van der Waals surface area contributed by atoms with Crippen molar-refractivity contribution in [2.75, 3.05) is 0 Å². The zero-order chi connectivity index (χ0) is 19.7. The summed E-state index contributed by atoms with van der Waals surface area (Å²) in [6, 6.07) is 24.5. The molecule has 0 aliphatic heterocycles. The van der Waals surface area contributed by atoms with Crippen LogP contribution in [0, 0.1) is 6.92 Å². The Morgan fingerprint density at radius 3 is 2.54 bits per heavy atom. The van der Waals surface area contributed by atoms with Gasteiger partial charge in [-0.15, -0.1) is 0 Å². The number of rotatable bonds is 3. The Hall–Kier alpha value is -3.12. The van der Waals surface area contributed by atoms with Crippen molar-refractivity contribution in [2.45, 2.75) is 27.2 Å². The maximum atomic E-state index is 4.22. The lowest BCUT2D eigenvalue weighted by Gasteiger charge is -2.12. The lowest BCUT2D eigenvalue weighted by Crippen LogP contribution is -2.25. The Balaban J connectivity index is 1.92. The molecule has 4 aromatic rings. The minimum Gasteiger partial charge on any atom is -0.0911 e. The Bertz CT molecular complexity index is 1320. The first-order valence-electron chi connectivity index (χ1n) is 9.89. The molecule has 0 unspecified atom stereocenters. The molecule has 0 aliphatic carbocycles. The molecule has 0 aromatic heterocycles. The van der Waals surface area contributed by atoms with E-state index < -0.39 is 0 Å². The highest BCUT2D eigenvalue weighted by Gasteiger charge is 2.08. The van der Waals surface area contributed by atoms with Gasteiger partial charge in [-0.1, -0.05) is 91.0 Å². The second kappa shape index (κ2) is 7.48. The zero-order valence-electron chi connectivity index (χ0n) is 16.9. The molecule has 4 aromatic carbocycles. The summed E-state index contributed by atoms with van der Waals surface area (Å²) in [6.07, 6.45) is 5.16. The number of fused-ring (bicyclic) bond motifs is 3. The highest BCUT2D eigenvalue weighted by Crippen LogP contribution is 2.30. The fraction of sp³-hybridized carbons (Fsp3) is 0.143. The lowest BCUT2D eigenvalue weighted by atomic mass is 9.92. The van der Waals surface area contributed by atoms with E-state index in [0.717, 1.165) is 11.6 Å². The lowest BCUT2D eigenvalue weighted by molar-refractivity contribution is 1.20. The van der Waals surface area contributed by atoms with Crippen molar-refractivity contribution in [1.29, 1.82) is 0 Å². The molecule has 0 amide bonds. The van der Waals surface area contributed by atoms with Crippen molar-refractivity contribution >= 4 is 33.7 Å². The topological polar surface area (TPSA) is 0 Å². The molecular weight excluding hydrogens is 336 g/mol. The van der Waals surface area contributed by atoms with Gasteiger partial charge in [-0.25, -0.2) is 0 Å². The maximum Gasteiger partial charge on any atom is -0.00192 e. The molecule has 28 heavy (non-hydrogen) atoms. The summed E-state index contributed by atoms with van der Waals surface area (Å²) in [7, 11) is 0. The van der Waals surface area contributed by atoms with Crippen LogP contribution in [0.25, 0.3) is 33.7 Å². The maximum absolute atomic E-state index is 4.22. The van der Waals surface area contributed by atoms with E-state index in [0.29, 0.717) is 0 Å². The normalized spacial score (nSPS) is 12.8. The van der Waals surface area contributed by atoms with Gasteiger partial charge in [0.1, 0.15) is 0 Å². The van der Waals surface area contributed by atoms with Crippen molar-refractivity contribution in [3.8, 4) is 0 Å². The largest absolute Gasteiger partial charge is 0.0911 e. The average molecular weight is 363 g/mol. The van der Waals surface area contributed by atoms with Crippen molar-refractivity contribution in [3.05, 3.63) is 106 Å². The Kier molecular flexibility index (Phi) is 4.88. The van der Waals surface area contributed by atoms with Crippen LogP contribution in [-0.2, 0) is 6.42 Å². The van der Waals surface area contributed by atoms with Gasteiger partial charge in [0.2, 0.25) is 0 Å². The molecule has 0 radical (unpaired) electrons. The molecule has 138 valence electrons. The standard InChI is InChI=1S/C28H26/c1-5-8-20(3)27-17-22(13-12-21(27)4)16-24-18-23-9-6-7-10-25(23)28-15-19(2)11-14-26(24)28/h5-15,17-18H,4,16H2,1-3H3. The van der Waals surface area contributed by atoms with E-state index in [4.69, 9.17) is 0 Å². The summed E-state index contributed by atoms with van der Waals surface area (Å²) in [4.78, 5) is 0. The van der Waals surface area contributed by atoms with E-state index in [1.165, 1.54) is 49.0 Å². The summed E-state index contributed by atoms with van der Waals surface area (Å²) in [5.41, 5.74) is 5.26. The minimum absolute atomic E-state index is 0.917. The molecule has 0 aliphatic rings. The Labute approximate surface area is 167 Å². The van der Waals surface area contributed by atoms with E-state index >= 15 is 0 Å². The smallest absolute Gasteiger partial charge is 0.00192 e. The third-order valence-electron chi connectivity index (χ3n) is 5.51. The van der Waals surface area contributed by atoms with Gasteiger partial charge in [0.25, 0.3) is 0 Å². The SMILES string of the molecule is C=c1ccc(Cc2cc3ccccc3c3cc(C)ccc23)cc1=C(C)C=CC. The summed E-state index contributed by atoms with van der Waals surface area (Å²) >= 11 is 0. The van der Waals surface area contributed by atoms with Gasteiger partial charge in [0.05, 0.1) is 0 Å². The summed E-state index contributed by atoms with van der Waals surface area (Å²) in [5.74, 6) is 0. The summed E-state index contributed by atoms with van der Waals surface area (Å²) in [6.45, 7) is 10.6.